The third-order valence-corrected chi connectivity index (χ3v) is 3.32. The molecule has 1 aliphatic rings. The van der Waals surface area contributed by atoms with Crippen molar-refractivity contribution < 1.29 is 4.79 Å². The topological polar surface area (TPSA) is 32.3 Å². The summed E-state index contributed by atoms with van der Waals surface area (Å²) in [5.41, 5.74) is 0.214. The second-order valence-electron chi connectivity index (χ2n) is 5.22. The quantitative estimate of drug-likeness (QED) is 0.766. The molecular formula is C12H24N2O. The van der Waals surface area contributed by atoms with Crippen LogP contribution in [0.15, 0.2) is 0 Å². The first-order chi connectivity index (χ1) is 7.05. The van der Waals surface area contributed by atoms with Crippen LogP contribution < -0.4 is 5.32 Å². The van der Waals surface area contributed by atoms with Gasteiger partial charge in [0, 0.05) is 19.6 Å². The van der Waals surface area contributed by atoms with Gasteiger partial charge < -0.3 is 10.2 Å². The largest absolute Gasteiger partial charge is 0.337 e. The maximum absolute atomic E-state index is 11.8. The molecule has 0 aromatic heterocycles. The minimum absolute atomic E-state index is 0.122. The van der Waals surface area contributed by atoms with Gasteiger partial charge in [-0.25, -0.2) is 4.79 Å². The Morgan fingerprint density at radius 3 is 2.40 bits per heavy atom. The van der Waals surface area contributed by atoms with Crippen molar-refractivity contribution in [3.8, 4) is 0 Å². The highest BCUT2D eigenvalue weighted by atomic mass is 16.2. The van der Waals surface area contributed by atoms with Gasteiger partial charge in [0.25, 0.3) is 0 Å². The Hall–Kier alpha value is -0.730. The van der Waals surface area contributed by atoms with Gasteiger partial charge in [0.15, 0.2) is 0 Å². The molecule has 1 N–H and O–H groups in total. The lowest BCUT2D eigenvalue weighted by Gasteiger charge is -2.29. The predicted molar refractivity (Wildman–Crippen MR) is 62.9 cm³/mol. The highest BCUT2D eigenvalue weighted by Crippen LogP contribution is 2.18. The van der Waals surface area contributed by atoms with E-state index < -0.39 is 0 Å². The summed E-state index contributed by atoms with van der Waals surface area (Å²) in [7, 11) is 0. The molecule has 0 aliphatic carbocycles. The molecule has 15 heavy (non-hydrogen) atoms. The van der Waals surface area contributed by atoms with E-state index in [1.54, 1.807) is 0 Å². The van der Waals surface area contributed by atoms with Crippen LogP contribution in [0.5, 0.6) is 0 Å². The first kappa shape index (κ1) is 12.3. The molecule has 1 heterocycles. The van der Waals surface area contributed by atoms with Gasteiger partial charge in [-0.2, -0.15) is 0 Å². The third kappa shape index (κ3) is 4.10. The van der Waals surface area contributed by atoms with E-state index in [0.29, 0.717) is 0 Å². The molecule has 0 unspecified atom stereocenters. The van der Waals surface area contributed by atoms with Crippen LogP contribution in [0.4, 0.5) is 4.79 Å². The SMILES string of the molecule is CCC(C)(C)CNC(=O)N1CCCCC1. The fourth-order valence-corrected chi connectivity index (χ4v) is 1.65. The summed E-state index contributed by atoms with van der Waals surface area (Å²) in [4.78, 5) is 13.7. The van der Waals surface area contributed by atoms with Crippen molar-refractivity contribution in [1.29, 1.82) is 0 Å². The van der Waals surface area contributed by atoms with Crippen LogP contribution >= 0.6 is 0 Å². The smallest absolute Gasteiger partial charge is 0.317 e. The molecule has 0 aromatic carbocycles. The number of carbonyl (C=O) groups excluding carboxylic acids is 1. The molecule has 3 nitrogen and oxygen atoms in total. The monoisotopic (exact) mass is 212 g/mol. The van der Waals surface area contributed by atoms with Crippen LogP contribution in [0.25, 0.3) is 0 Å². The number of nitrogens with zero attached hydrogens (tertiary/aromatic N) is 1. The summed E-state index contributed by atoms with van der Waals surface area (Å²) in [6.07, 6.45) is 4.67. The molecular weight excluding hydrogens is 188 g/mol. The van der Waals surface area contributed by atoms with E-state index in [0.717, 1.165) is 38.9 Å². The van der Waals surface area contributed by atoms with Crippen molar-refractivity contribution in [2.75, 3.05) is 19.6 Å². The average Bonchev–Trinajstić information content (AvgIpc) is 2.27. The molecule has 1 fully saturated rings. The Kier molecular flexibility index (Phi) is 4.43. The minimum atomic E-state index is 0.122. The number of rotatable bonds is 3. The molecule has 1 aliphatic heterocycles. The van der Waals surface area contributed by atoms with Crippen molar-refractivity contribution in [3.05, 3.63) is 0 Å². The number of urea groups is 1. The lowest BCUT2D eigenvalue weighted by Crippen LogP contribution is -2.45. The fraction of sp³-hybridized carbons (Fsp3) is 0.917. The first-order valence-electron chi connectivity index (χ1n) is 6.08. The second kappa shape index (κ2) is 5.38. The zero-order valence-electron chi connectivity index (χ0n) is 10.3. The Morgan fingerprint density at radius 2 is 1.87 bits per heavy atom. The number of piperidine rings is 1. The Balaban J connectivity index is 2.28. The zero-order valence-corrected chi connectivity index (χ0v) is 10.3. The van der Waals surface area contributed by atoms with Gasteiger partial charge in [0.2, 0.25) is 0 Å². The number of likely N-dealkylation sites (tertiary alicyclic amines) is 1. The molecule has 0 radical (unpaired) electrons. The highest BCUT2D eigenvalue weighted by Gasteiger charge is 2.20. The number of nitrogens with one attached hydrogen (secondary N) is 1. The zero-order chi connectivity index (χ0) is 11.3. The third-order valence-electron chi connectivity index (χ3n) is 3.32. The lowest BCUT2D eigenvalue weighted by molar-refractivity contribution is 0.180. The summed E-state index contributed by atoms with van der Waals surface area (Å²) in [6.45, 7) is 9.16. The van der Waals surface area contributed by atoms with E-state index in [-0.39, 0.29) is 11.4 Å². The Morgan fingerprint density at radius 1 is 1.27 bits per heavy atom. The van der Waals surface area contributed by atoms with E-state index in [1.165, 1.54) is 6.42 Å². The predicted octanol–water partition coefficient (Wildman–Crippen LogP) is 2.62. The van der Waals surface area contributed by atoms with Crippen LogP contribution in [-0.4, -0.2) is 30.6 Å². The number of amides is 2. The van der Waals surface area contributed by atoms with Gasteiger partial charge >= 0.3 is 6.03 Å². The highest BCUT2D eigenvalue weighted by molar-refractivity contribution is 5.74. The molecule has 1 rings (SSSR count). The van der Waals surface area contributed by atoms with Crippen LogP contribution in [-0.2, 0) is 0 Å². The molecule has 1 saturated heterocycles. The van der Waals surface area contributed by atoms with Crippen LogP contribution in [0.1, 0.15) is 46.5 Å². The Labute approximate surface area is 93.2 Å². The Bertz CT molecular complexity index is 208. The van der Waals surface area contributed by atoms with Crippen LogP contribution in [0, 0.1) is 5.41 Å². The number of carbonyl (C=O) groups is 1. The molecule has 0 bridgehead atoms. The molecule has 88 valence electrons. The fourth-order valence-electron chi connectivity index (χ4n) is 1.65. The molecule has 3 heteroatoms. The standard InChI is InChI=1S/C12H24N2O/c1-4-12(2,3)10-13-11(15)14-8-6-5-7-9-14/h4-10H2,1-3H3,(H,13,15). The maximum atomic E-state index is 11.8. The van der Waals surface area contributed by atoms with Gasteiger partial charge in [0.1, 0.15) is 0 Å². The van der Waals surface area contributed by atoms with Crippen molar-refractivity contribution in [2.24, 2.45) is 5.41 Å². The van der Waals surface area contributed by atoms with Crippen molar-refractivity contribution in [1.82, 2.24) is 10.2 Å². The maximum Gasteiger partial charge on any atom is 0.317 e. The van der Waals surface area contributed by atoms with E-state index in [4.69, 9.17) is 0 Å². The van der Waals surface area contributed by atoms with E-state index in [2.05, 4.69) is 26.1 Å². The summed E-state index contributed by atoms with van der Waals surface area (Å²) < 4.78 is 0. The average molecular weight is 212 g/mol. The minimum Gasteiger partial charge on any atom is -0.337 e. The van der Waals surface area contributed by atoms with Crippen molar-refractivity contribution >= 4 is 6.03 Å². The van der Waals surface area contributed by atoms with E-state index in [1.807, 2.05) is 4.90 Å². The lowest BCUT2D eigenvalue weighted by atomic mass is 9.90. The van der Waals surface area contributed by atoms with Gasteiger partial charge in [-0.1, -0.05) is 20.8 Å². The summed E-state index contributed by atoms with van der Waals surface area (Å²) >= 11 is 0. The number of hydrogen-bond donors (Lipinski definition) is 1. The van der Waals surface area contributed by atoms with Gasteiger partial charge in [-0.15, -0.1) is 0 Å². The molecule has 0 aromatic rings. The van der Waals surface area contributed by atoms with E-state index in [9.17, 15) is 4.79 Å². The van der Waals surface area contributed by atoms with E-state index >= 15 is 0 Å². The summed E-state index contributed by atoms with van der Waals surface area (Å²) in [5, 5.41) is 3.03. The van der Waals surface area contributed by atoms with Crippen LogP contribution in [0.2, 0.25) is 0 Å². The molecule has 2 amide bonds. The van der Waals surface area contributed by atoms with Gasteiger partial charge in [-0.05, 0) is 31.1 Å². The normalized spacial score (nSPS) is 17.7. The molecule has 0 spiro atoms. The summed E-state index contributed by atoms with van der Waals surface area (Å²) in [6, 6.07) is 0.122. The first-order valence-corrected chi connectivity index (χ1v) is 6.08. The molecule has 0 atom stereocenters. The molecule has 0 saturated carbocycles. The second-order valence-corrected chi connectivity index (χ2v) is 5.22. The van der Waals surface area contributed by atoms with Crippen molar-refractivity contribution in [3.63, 3.8) is 0 Å². The van der Waals surface area contributed by atoms with Gasteiger partial charge in [0.05, 0.1) is 0 Å². The van der Waals surface area contributed by atoms with Crippen LogP contribution in [0.3, 0.4) is 0 Å². The number of hydrogen-bond acceptors (Lipinski definition) is 1. The van der Waals surface area contributed by atoms with Crippen molar-refractivity contribution in [2.45, 2.75) is 46.5 Å². The summed E-state index contributed by atoms with van der Waals surface area (Å²) in [5.74, 6) is 0. The van der Waals surface area contributed by atoms with Gasteiger partial charge in [-0.3, -0.25) is 0 Å².